The molecule has 0 spiro atoms. The van der Waals surface area contributed by atoms with Gasteiger partial charge in [-0.15, -0.1) is 5.10 Å². The Kier molecular flexibility index (Phi) is 13.1. The standard InChI is InChI=1S/C33H48N6O9/c34-18-23-26(41)29(44)32(46-23)47-24(30-27(42)28(43)31(48-30)39-17-16-25(40)35-33(39)45)20-38-19-22(36-37-38)15-11-6-4-2-1-3-5-8-12-21-13-9-7-10-14-21/h7,9-10,13-14,16-17,19,23-24,26-32,41-44H,1-6,8,11-12,15,18,20,34H2,(H,35,40,45)/t23-,24+,26-,27+,28-,29-,30-,31-,32+/m1/s1. The number of unbranched alkanes of at least 4 members (excludes halogenated alkanes) is 7. The predicted octanol–water partition coefficient (Wildman–Crippen LogP) is 0.144. The third kappa shape index (κ3) is 9.24. The van der Waals surface area contributed by atoms with Crippen LogP contribution in [0.1, 0.15) is 68.9 Å². The van der Waals surface area contributed by atoms with E-state index in [9.17, 15) is 30.0 Å². The second-order valence-electron chi connectivity index (χ2n) is 12.7. The highest BCUT2D eigenvalue weighted by atomic mass is 16.7. The Morgan fingerprint density at radius 2 is 1.54 bits per heavy atom. The molecule has 0 aliphatic carbocycles. The molecule has 3 aromatic rings. The molecule has 0 amide bonds. The average molecular weight is 673 g/mol. The molecule has 7 N–H and O–H groups in total. The van der Waals surface area contributed by atoms with Gasteiger partial charge in [0.2, 0.25) is 0 Å². The molecule has 2 aliphatic rings. The molecule has 15 nitrogen and oxygen atoms in total. The van der Waals surface area contributed by atoms with Crippen molar-refractivity contribution in [2.45, 2.75) is 126 Å². The molecule has 0 bridgehead atoms. The van der Waals surface area contributed by atoms with E-state index in [0.717, 1.165) is 54.6 Å². The van der Waals surface area contributed by atoms with Crippen LogP contribution in [-0.2, 0) is 33.6 Å². The number of aliphatic hydroxyl groups is 4. The highest BCUT2D eigenvalue weighted by Crippen LogP contribution is 2.33. The lowest BCUT2D eigenvalue weighted by molar-refractivity contribution is -0.223. The predicted molar refractivity (Wildman–Crippen MR) is 173 cm³/mol. The number of hydrogen-bond donors (Lipinski definition) is 6. The molecule has 2 aliphatic heterocycles. The zero-order chi connectivity index (χ0) is 34.0. The lowest BCUT2D eigenvalue weighted by Crippen LogP contribution is -2.46. The zero-order valence-electron chi connectivity index (χ0n) is 27.0. The van der Waals surface area contributed by atoms with Crippen molar-refractivity contribution in [3.05, 3.63) is 80.9 Å². The maximum atomic E-state index is 12.4. The summed E-state index contributed by atoms with van der Waals surface area (Å²) in [7, 11) is 0. The summed E-state index contributed by atoms with van der Waals surface area (Å²) in [5.41, 5.74) is 6.37. The second kappa shape index (κ2) is 17.4. The van der Waals surface area contributed by atoms with Crippen LogP contribution in [0.4, 0.5) is 0 Å². The normalized spacial score (nSPS) is 27.9. The highest BCUT2D eigenvalue weighted by Gasteiger charge is 2.51. The van der Waals surface area contributed by atoms with Crippen molar-refractivity contribution in [2.24, 2.45) is 5.73 Å². The van der Waals surface area contributed by atoms with Crippen molar-refractivity contribution in [2.75, 3.05) is 6.54 Å². The van der Waals surface area contributed by atoms with Crippen LogP contribution in [0.15, 0.2) is 58.4 Å². The Morgan fingerprint density at radius 1 is 0.854 bits per heavy atom. The van der Waals surface area contributed by atoms with E-state index in [2.05, 4.69) is 39.6 Å². The highest BCUT2D eigenvalue weighted by molar-refractivity contribution is 5.14. The van der Waals surface area contributed by atoms with E-state index in [1.165, 1.54) is 42.3 Å². The fraction of sp³-hybridized carbons (Fsp3) is 0.636. The number of aliphatic hydroxyl groups excluding tert-OH is 4. The number of nitrogens with one attached hydrogen (secondary N) is 1. The monoisotopic (exact) mass is 672 g/mol. The van der Waals surface area contributed by atoms with Gasteiger partial charge in [0, 0.05) is 25.0 Å². The summed E-state index contributed by atoms with van der Waals surface area (Å²) in [6.45, 7) is -0.0999. The van der Waals surface area contributed by atoms with Gasteiger partial charge in [-0.25, -0.2) is 9.48 Å². The Balaban J connectivity index is 1.13. The van der Waals surface area contributed by atoms with Crippen LogP contribution < -0.4 is 17.0 Å². The molecule has 0 radical (unpaired) electrons. The minimum absolute atomic E-state index is 0.0328. The molecule has 4 heterocycles. The number of aromatic amines is 1. The molecule has 2 saturated heterocycles. The number of aromatic nitrogens is 5. The summed E-state index contributed by atoms with van der Waals surface area (Å²) in [6.07, 6.45) is 2.39. The quantitative estimate of drug-likeness (QED) is 0.0995. The van der Waals surface area contributed by atoms with Crippen LogP contribution in [0.2, 0.25) is 0 Å². The van der Waals surface area contributed by atoms with Gasteiger partial charge in [0.05, 0.1) is 12.2 Å². The van der Waals surface area contributed by atoms with Crippen LogP contribution in [0.25, 0.3) is 0 Å². The van der Waals surface area contributed by atoms with E-state index in [0.29, 0.717) is 0 Å². The topological polar surface area (TPSA) is 220 Å². The molecule has 0 saturated carbocycles. The summed E-state index contributed by atoms with van der Waals surface area (Å²) >= 11 is 0. The summed E-state index contributed by atoms with van der Waals surface area (Å²) in [4.78, 5) is 26.1. The molecule has 2 fully saturated rings. The van der Waals surface area contributed by atoms with E-state index in [4.69, 9.17) is 19.9 Å². The Morgan fingerprint density at radius 3 is 2.21 bits per heavy atom. The average Bonchev–Trinajstić information content (AvgIpc) is 3.74. The first-order chi connectivity index (χ1) is 23.2. The van der Waals surface area contributed by atoms with Gasteiger partial charge in [-0.3, -0.25) is 14.3 Å². The molecule has 5 rings (SSSR count). The maximum Gasteiger partial charge on any atom is 0.330 e. The largest absolute Gasteiger partial charge is 0.387 e. The Labute approximate surface area is 278 Å². The minimum atomic E-state index is -1.57. The summed E-state index contributed by atoms with van der Waals surface area (Å²) in [6, 6.07) is 11.7. The lowest BCUT2D eigenvalue weighted by atomic mass is 10.0. The first kappa shape index (κ1) is 36.0. The third-order valence-corrected chi connectivity index (χ3v) is 9.07. The maximum absolute atomic E-state index is 12.4. The van der Waals surface area contributed by atoms with Crippen LogP contribution in [0, 0.1) is 0 Å². The van der Waals surface area contributed by atoms with E-state index >= 15 is 0 Å². The number of aryl methyl sites for hydroxylation is 2. The number of nitrogens with two attached hydrogens (primary N) is 1. The molecule has 48 heavy (non-hydrogen) atoms. The number of H-pyrrole nitrogens is 1. The molecule has 9 atom stereocenters. The van der Waals surface area contributed by atoms with Crippen molar-refractivity contribution in [3.63, 3.8) is 0 Å². The Hall–Kier alpha value is -3.28. The molecule has 15 heteroatoms. The first-order valence-electron chi connectivity index (χ1n) is 16.9. The summed E-state index contributed by atoms with van der Waals surface area (Å²) < 4.78 is 20.1. The van der Waals surface area contributed by atoms with Gasteiger partial charge in [0.15, 0.2) is 12.5 Å². The third-order valence-electron chi connectivity index (χ3n) is 9.07. The lowest BCUT2D eigenvalue weighted by Gasteiger charge is -2.29. The van der Waals surface area contributed by atoms with Crippen LogP contribution >= 0.6 is 0 Å². The number of hydrogen-bond acceptors (Lipinski definition) is 12. The van der Waals surface area contributed by atoms with Gasteiger partial charge >= 0.3 is 5.69 Å². The zero-order valence-corrected chi connectivity index (χ0v) is 27.0. The van der Waals surface area contributed by atoms with Crippen LogP contribution in [0.3, 0.4) is 0 Å². The van der Waals surface area contributed by atoms with Gasteiger partial charge in [-0.2, -0.15) is 0 Å². The van der Waals surface area contributed by atoms with E-state index < -0.39 is 66.5 Å². The van der Waals surface area contributed by atoms with E-state index in [-0.39, 0.29) is 13.1 Å². The number of nitrogens with zero attached hydrogens (tertiary/aromatic N) is 4. The number of rotatable bonds is 18. The number of ether oxygens (including phenoxy) is 3. The van der Waals surface area contributed by atoms with Gasteiger partial charge < -0.3 is 40.4 Å². The van der Waals surface area contributed by atoms with Crippen molar-refractivity contribution in [3.8, 4) is 0 Å². The number of benzene rings is 1. The molecule has 264 valence electrons. The SMILES string of the molecule is NC[C@H]1O[C@@H](O[C@@H](Cn2cc(CCCCCCCCCCc3ccccc3)nn2)[C@H]2O[C@@H](n3ccc(=O)[nH]c3=O)[C@H](O)[C@@H]2O)[C@H](O)[C@@H]1O. The first-order valence-corrected chi connectivity index (χ1v) is 16.9. The summed E-state index contributed by atoms with van der Waals surface area (Å²) in [5.74, 6) is 0. The van der Waals surface area contributed by atoms with Crippen molar-refractivity contribution < 1.29 is 34.6 Å². The molecular weight excluding hydrogens is 624 g/mol. The van der Waals surface area contributed by atoms with E-state index in [1.54, 1.807) is 6.20 Å². The molecule has 1 aromatic carbocycles. The molecular formula is C33H48N6O9. The Bertz CT molecular complexity index is 1520. The van der Waals surface area contributed by atoms with Gasteiger partial charge in [0.1, 0.15) is 42.7 Å². The van der Waals surface area contributed by atoms with Crippen LogP contribution in [-0.4, -0.2) is 101 Å². The van der Waals surface area contributed by atoms with Gasteiger partial charge in [-0.05, 0) is 31.2 Å². The van der Waals surface area contributed by atoms with Gasteiger partial charge in [0.25, 0.3) is 5.56 Å². The van der Waals surface area contributed by atoms with Crippen LogP contribution in [0.5, 0.6) is 0 Å². The van der Waals surface area contributed by atoms with E-state index in [1.807, 2.05) is 6.07 Å². The minimum Gasteiger partial charge on any atom is -0.387 e. The second-order valence-corrected chi connectivity index (χ2v) is 12.7. The van der Waals surface area contributed by atoms with Crippen molar-refractivity contribution in [1.82, 2.24) is 24.5 Å². The molecule has 2 aromatic heterocycles. The fourth-order valence-electron chi connectivity index (χ4n) is 6.34. The molecule has 0 unspecified atom stereocenters. The smallest absolute Gasteiger partial charge is 0.330 e. The van der Waals surface area contributed by atoms with Gasteiger partial charge in [-0.1, -0.05) is 74.1 Å². The fourth-order valence-corrected chi connectivity index (χ4v) is 6.34. The van der Waals surface area contributed by atoms with Crippen molar-refractivity contribution in [1.29, 1.82) is 0 Å². The summed E-state index contributed by atoms with van der Waals surface area (Å²) in [5, 5.41) is 51.2. The van der Waals surface area contributed by atoms with Crippen molar-refractivity contribution >= 4 is 0 Å².